The molecule has 20 heavy (non-hydrogen) atoms. The Morgan fingerprint density at radius 3 is 2.35 bits per heavy atom. The van der Waals surface area contributed by atoms with Crippen LogP contribution in [0.3, 0.4) is 0 Å². The molecule has 0 aliphatic carbocycles. The van der Waals surface area contributed by atoms with Crippen molar-refractivity contribution >= 4 is 11.9 Å². The second-order valence-electron chi connectivity index (χ2n) is 6.31. The molecule has 0 radical (unpaired) electrons. The summed E-state index contributed by atoms with van der Waals surface area (Å²) in [4.78, 5) is 23.0. The number of benzene rings is 1. The van der Waals surface area contributed by atoms with Crippen molar-refractivity contribution in [1.82, 2.24) is 5.32 Å². The number of aliphatic carboxylic acids is 1. The smallest absolute Gasteiger partial charge is 0.305 e. The van der Waals surface area contributed by atoms with Crippen molar-refractivity contribution in [2.75, 3.05) is 0 Å². The second kappa shape index (κ2) is 6.55. The molecule has 2 N–H and O–H groups in total. The van der Waals surface area contributed by atoms with Gasteiger partial charge in [-0.15, -0.1) is 0 Å². The van der Waals surface area contributed by atoms with Crippen molar-refractivity contribution in [3.63, 3.8) is 0 Å². The summed E-state index contributed by atoms with van der Waals surface area (Å²) in [6.07, 6.45) is 0.260. The Kier molecular flexibility index (Phi) is 5.31. The number of carboxylic acid groups (broad SMARTS) is 1. The van der Waals surface area contributed by atoms with E-state index >= 15 is 0 Å². The quantitative estimate of drug-likeness (QED) is 0.869. The first-order chi connectivity index (χ1) is 9.19. The lowest BCUT2D eigenvalue weighted by Crippen LogP contribution is -2.33. The molecule has 0 saturated carbocycles. The van der Waals surface area contributed by atoms with Crippen molar-refractivity contribution in [2.45, 2.75) is 46.6 Å². The average molecular weight is 277 g/mol. The number of amides is 1. The minimum Gasteiger partial charge on any atom is -0.481 e. The number of hydrogen-bond donors (Lipinski definition) is 2. The summed E-state index contributed by atoms with van der Waals surface area (Å²) in [6, 6.07) is 7.05. The largest absolute Gasteiger partial charge is 0.481 e. The van der Waals surface area contributed by atoms with Gasteiger partial charge in [-0.25, -0.2) is 0 Å². The predicted molar refractivity (Wildman–Crippen MR) is 78.4 cm³/mol. The third-order valence-corrected chi connectivity index (χ3v) is 2.97. The summed E-state index contributed by atoms with van der Waals surface area (Å²) in [7, 11) is 0. The van der Waals surface area contributed by atoms with Crippen LogP contribution in [-0.4, -0.2) is 17.0 Å². The molecule has 0 aliphatic rings. The number of rotatable bonds is 5. The van der Waals surface area contributed by atoms with Gasteiger partial charge in [0.05, 0.1) is 12.5 Å². The van der Waals surface area contributed by atoms with Crippen molar-refractivity contribution in [3.05, 3.63) is 35.4 Å². The van der Waals surface area contributed by atoms with E-state index in [0.29, 0.717) is 6.42 Å². The van der Waals surface area contributed by atoms with Gasteiger partial charge >= 0.3 is 5.97 Å². The van der Waals surface area contributed by atoms with Crippen molar-refractivity contribution in [1.29, 1.82) is 0 Å². The van der Waals surface area contributed by atoms with Gasteiger partial charge in [-0.2, -0.15) is 0 Å². The van der Waals surface area contributed by atoms with E-state index in [9.17, 15) is 9.59 Å². The van der Waals surface area contributed by atoms with Gasteiger partial charge < -0.3 is 10.4 Å². The van der Waals surface area contributed by atoms with Crippen LogP contribution in [-0.2, 0) is 9.59 Å². The fraction of sp³-hybridized carbons (Fsp3) is 0.500. The van der Waals surface area contributed by atoms with Crippen molar-refractivity contribution in [2.24, 2.45) is 5.41 Å². The molecular weight excluding hydrogens is 254 g/mol. The molecule has 1 aromatic carbocycles. The zero-order valence-electron chi connectivity index (χ0n) is 12.6. The van der Waals surface area contributed by atoms with E-state index in [1.54, 1.807) is 0 Å². The Labute approximate surface area is 120 Å². The zero-order chi connectivity index (χ0) is 15.3. The van der Waals surface area contributed by atoms with E-state index in [-0.39, 0.29) is 17.7 Å². The maximum atomic E-state index is 12.0. The summed E-state index contributed by atoms with van der Waals surface area (Å²) in [5, 5.41) is 11.9. The molecule has 1 amide bonds. The zero-order valence-corrected chi connectivity index (χ0v) is 12.6. The molecule has 1 aromatic rings. The highest BCUT2D eigenvalue weighted by atomic mass is 16.4. The molecule has 4 nitrogen and oxygen atoms in total. The van der Waals surface area contributed by atoms with E-state index < -0.39 is 12.0 Å². The van der Waals surface area contributed by atoms with Crippen LogP contribution in [0.2, 0.25) is 0 Å². The molecule has 0 aromatic heterocycles. The first-order valence-electron chi connectivity index (χ1n) is 6.76. The van der Waals surface area contributed by atoms with Crippen molar-refractivity contribution < 1.29 is 14.7 Å². The molecule has 0 fully saturated rings. The van der Waals surface area contributed by atoms with E-state index in [0.717, 1.165) is 11.1 Å². The van der Waals surface area contributed by atoms with Crippen LogP contribution in [0.15, 0.2) is 24.3 Å². The number of aryl methyl sites for hydroxylation is 1. The highest BCUT2D eigenvalue weighted by molar-refractivity contribution is 5.78. The molecule has 0 heterocycles. The van der Waals surface area contributed by atoms with Crippen LogP contribution in [0.4, 0.5) is 0 Å². The first-order valence-corrected chi connectivity index (χ1v) is 6.76. The van der Waals surface area contributed by atoms with Gasteiger partial charge in [-0.05, 0) is 23.5 Å². The number of carboxylic acids is 1. The molecule has 0 aliphatic heterocycles. The molecule has 1 rings (SSSR count). The standard InChI is InChI=1S/C16H23NO3/c1-11-7-5-6-8-12(11)13(9-15(19)20)17-14(18)10-16(2,3)4/h5-8,13H,9-10H2,1-4H3,(H,17,18)(H,19,20). The SMILES string of the molecule is Cc1ccccc1C(CC(=O)O)NC(=O)CC(C)(C)C. The summed E-state index contributed by atoms with van der Waals surface area (Å²) in [5.74, 6) is -1.04. The summed E-state index contributed by atoms with van der Waals surface area (Å²) in [6.45, 7) is 7.85. The Balaban J connectivity index is 2.88. The highest BCUT2D eigenvalue weighted by Crippen LogP contribution is 2.23. The van der Waals surface area contributed by atoms with E-state index in [1.165, 1.54) is 0 Å². The predicted octanol–water partition coefficient (Wildman–Crippen LogP) is 3.06. The van der Waals surface area contributed by atoms with Gasteiger partial charge in [0.1, 0.15) is 0 Å². The van der Waals surface area contributed by atoms with E-state index in [4.69, 9.17) is 5.11 Å². The number of nitrogens with one attached hydrogen (secondary N) is 1. The van der Waals surface area contributed by atoms with Crippen LogP contribution in [0.5, 0.6) is 0 Å². The third-order valence-electron chi connectivity index (χ3n) is 2.97. The van der Waals surface area contributed by atoms with Gasteiger partial charge in [0.25, 0.3) is 0 Å². The van der Waals surface area contributed by atoms with E-state index in [2.05, 4.69) is 5.32 Å². The average Bonchev–Trinajstić information content (AvgIpc) is 2.25. The number of carbonyl (C=O) groups excluding carboxylic acids is 1. The highest BCUT2D eigenvalue weighted by Gasteiger charge is 2.22. The maximum Gasteiger partial charge on any atom is 0.305 e. The number of carbonyl (C=O) groups is 2. The van der Waals surface area contributed by atoms with Crippen molar-refractivity contribution in [3.8, 4) is 0 Å². The van der Waals surface area contributed by atoms with Crippen LogP contribution in [0.25, 0.3) is 0 Å². The molecule has 110 valence electrons. The van der Waals surface area contributed by atoms with Crippen LogP contribution in [0.1, 0.15) is 50.8 Å². The summed E-state index contributed by atoms with van der Waals surface area (Å²) >= 11 is 0. The topological polar surface area (TPSA) is 66.4 Å². The summed E-state index contributed by atoms with van der Waals surface area (Å²) in [5.41, 5.74) is 1.72. The Morgan fingerprint density at radius 2 is 1.85 bits per heavy atom. The van der Waals surface area contributed by atoms with E-state index in [1.807, 2.05) is 52.0 Å². The minimum atomic E-state index is -0.922. The van der Waals surface area contributed by atoms with Crippen LogP contribution >= 0.6 is 0 Å². The van der Waals surface area contributed by atoms with Gasteiger partial charge in [0.2, 0.25) is 5.91 Å². The van der Waals surface area contributed by atoms with Gasteiger partial charge in [-0.3, -0.25) is 9.59 Å². The lowest BCUT2D eigenvalue weighted by molar-refractivity contribution is -0.137. The fourth-order valence-electron chi connectivity index (χ4n) is 2.12. The molecule has 0 spiro atoms. The van der Waals surface area contributed by atoms with Gasteiger partial charge in [-0.1, -0.05) is 45.0 Å². The monoisotopic (exact) mass is 277 g/mol. The normalized spacial score (nSPS) is 12.8. The molecule has 0 bridgehead atoms. The van der Waals surface area contributed by atoms with Crippen LogP contribution in [0, 0.1) is 12.3 Å². The Morgan fingerprint density at radius 1 is 1.25 bits per heavy atom. The first kappa shape index (κ1) is 16.2. The molecule has 0 saturated heterocycles. The summed E-state index contributed by atoms with van der Waals surface area (Å²) < 4.78 is 0. The Hall–Kier alpha value is -1.84. The maximum absolute atomic E-state index is 12.0. The fourth-order valence-corrected chi connectivity index (χ4v) is 2.12. The number of hydrogen-bond acceptors (Lipinski definition) is 2. The second-order valence-corrected chi connectivity index (χ2v) is 6.31. The molecule has 1 unspecified atom stereocenters. The van der Waals surface area contributed by atoms with Gasteiger partial charge in [0.15, 0.2) is 0 Å². The minimum absolute atomic E-state index is 0.110. The lowest BCUT2D eigenvalue weighted by atomic mass is 9.91. The molecule has 1 atom stereocenters. The lowest BCUT2D eigenvalue weighted by Gasteiger charge is -2.23. The Bertz CT molecular complexity index is 489. The molecular formula is C16H23NO3. The van der Waals surface area contributed by atoms with Gasteiger partial charge in [0, 0.05) is 6.42 Å². The third kappa shape index (κ3) is 5.43. The van der Waals surface area contributed by atoms with Crippen LogP contribution < -0.4 is 5.32 Å². The molecule has 4 heteroatoms.